The molecule has 0 aromatic heterocycles. The second-order valence-corrected chi connectivity index (χ2v) is 7.30. The van der Waals surface area contributed by atoms with E-state index in [0.29, 0.717) is 11.4 Å². The molecule has 7 heteroatoms. The number of para-hydroxylation sites is 1. The number of ether oxygens (including phenoxy) is 2. The molecule has 158 valence electrons. The molecule has 30 heavy (non-hydrogen) atoms. The van der Waals surface area contributed by atoms with Crippen molar-refractivity contribution >= 4 is 23.5 Å². The van der Waals surface area contributed by atoms with Crippen LogP contribution in [-0.4, -0.2) is 36.5 Å². The van der Waals surface area contributed by atoms with Crippen LogP contribution < -0.4 is 15.4 Å². The van der Waals surface area contributed by atoms with Gasteiger partial charge in [-0.05, 0) is 68.5 Å². The van der Waals surface area contributed by atoms with Gasteiger partial charge in [0.2, 0.25) is 0 Å². The van der Waals surface area contributed by atoms with E-state index >= 15 is 0 Å². The number of hydrogen-bond donors (Lipinski definition) is 2. The molecule has 1 aliphatic rings. The van der Waals surface area contributed by atoms with E-state index in [0.717, 1.165) is 19.3 Å². The molecule has 2 amide bonds. The predicted octanol–water partition coefficient (Wildman–Crippen LogP) is 2.63. The molecule has 2 N–H and O–H groups in total. The molecule has 3 rings (SSSR count). The van der Waals surface area contributed by atoms with Crippen molar-refractivity contribution in [1.29, 1.82) is 0 Å². The highest BCUT2D eigenvalue weighted by molar-refractivity contribution is 5.95. The molecule has 0 saturated heterocycles. The molecule has 0 bridgehead atoms. The van der Waals surface area contributed by atoms with E-state index in [-0.39, 0.29) is 6.61 Å². The molecule has 2 aromatic rings. The highest BCUT2D eigenvalue weighted by Gasteiger charge is 2.23. The fourth-order valence-corrected chi connectivity index (χ4v) is 3.23. The minimum absolute atomic E-state index is 0.226. The van der Waals surface area contributed by atoms with E-state index in [9.17, 15) is 14.4 Å². The summed E-state index contributed by atoms with van der Waals surface area (Å²) < 4.78 is 10.5. The number of benzene rings is 2. The number of amides is 2. The molecule has 0 spiro atoms. The van der Waals surface area contributed by atoms with Crippen molar-refractivity contribution < 1.29 is 23.9 Å². The Kier molecular flexibility index (Phi) is 7.06. The largest absolute Gasteiger partial charge is 0.484 e. The third-order valence-corrected chi connectivity index (χ3v) is 4.87. The van der Waals surface area contributed by atoms with Crippen molar-refractivity contribution in [2.24, 2.45) is 0 Å². The molecule has 2 atom stereocenters. The summed E-state index contributed by atoms with van der Waals surface area (Å²) in [6, 6.07) is 13.8. The van der Waals surface area contributed by atoms with Crippen LogP contribution in [0, 0.1) is 0 Å². The minimum Gasteiger partial charge on any atom is -0.484 e. The Morgan fingerprint density at radius 2 is 1.73 bits per heavy atom. The summed E-state index contributed by atoms with van der Waals surface area (Å²) in [5.41, 5.74) is 3.24. The van der Waals surface area contributed by atoms with Gasteiger partial charge in [0.1, 0.15) is 11.8 Å². The summed E-state index contributed by atoms with van der Waals surface area (Å²) in [6.45, 7) is 2.76. The van der Waals surface area contributed by atoms with Crippen LogP contribution >= 0.6 is 0 Å². The molecular weight excluding hydrogens is 384 g/mol. The average molecular weight is 410 g/mol. The fourth-order valence-electron chi connectivity index (χ4n) is 3.23. The maximum Gasteiger partial charge on any atom is 0.329 e. The molecule has 0 heterocycles. The number of fused-ring (bicyclic) bond motifs is 1. The van der Waals surface area contributed by atoms with Crippen molar-refractivity contribution in [3.8, 4) is 5.75 Å². The number of esters is 1. The molecule has 0 saturated carbocycles. The maximum atomic E-state index is 12.4. The Bertz CT molecular complexity index is 913. The molecule has 0 aliphatic heterocycles. The van der Waals surface area contributed by atoms with Crippen molar-refractivity contribution in [2.45, 2.75) is 45.3 Å². The molecule has 1 aliphatic carbocycles. The van der Waals surface area contributed by atoms with Gasteiger partial charge in [0, 0.05) is 5.69 Å². The van der Waals surface area contributed by atoms with E-state index in [2.05, 4.69) is 10.6 Å². The Hall–Kier alpha value is -3.35. The first-order chi connectivity index (χ1) is 14.4. The van der Waals surface area contributed by atoms with E-state index in [1.165, 1.54) is 25.0 Å². The lowest BCUT2D eigenvalue weighted by Gasteiger charge is -2.18. The standard InChI is InChI=1S/C23H26N2O5/c1-15(24-21(26)14-29-20-9-4-3-5-10-20)23(28)30-16(2)22(27)25-19-12-11-17-7-6-8-18(17)13-19/h3-5,9-13,15-16H,6-8,14H2,1-2H3,(H,24,26)(H,25,27)/t15-,16-/m0/s1. The topological polar surface area (TPSA) is 93.7 Å². The zero-order valence-electron chi connectivity index (χ0n) is 17.1. The molecule has 7 nitrogen and oxygen atoms in total. The van der Waals surface area contributed by atoms with Gasteiger partial charge in [0.25, 0.3) is 11.8 Å². The van der Waals surface area contributed by atoms with Crippen molar-refractivity contribution in [3.63, 3.8) is 0 Å². The Morgan fingerprint density at radius 1 is 1.00 bits per heavy atom. The number of aryl methyl sites for hydroxylation is 2. The smallest absolute Gasteiger partial charge is 0.329 e. The van der Waals surface area contributed by atoms with Crippen molar-refractivity contribution in [3.05, 3.63) is 59.7 Å². The molecule has 0 unspecified atom stereocenters. The van der Waals surface area contributed by atoms with Gasteiger partial charge in [0.15, 0.2) is 12.7 Å². The zero-order chi connectivity index (χ0) is 21.5. The molecule has 2 aromatic carbocycles. The average Bonchev–Trinajstić information content (AvgIpc) is 3.20. The summed E-state index contributed by atoms with van der Waals surface area (Å²) in [7, 11) is 0. The van der Waals surface area contributed by atoms with Crippen molar-refractivity contribution in [2.75, 3.05) is 11.9 Å². The van der Waals surface area contributed by atoms with Crippen LogP contribution in [0.2, 0.25) is 0 Å². The summed E-state index contributed by atoms with van der Waals surface area (Å²) in [5.74, 6) is -1.02. The monoisotopic (exact) mass is 410 g/mol. The highest BCUT2D eigenvalue weighted by atomic mass is 16.5. The second kappa shape index (κ2) is 9.91. The van der Waals surface area contributed by atoms with Gasteiger partial charge >= 0.3 is 5.97 Å². The SMILES string of the molecule is C[C@H](NC(=O)COc1ccccc1)C(=O)O[C@@H](C)C(=O)Nc1ccc2c(c1)CCC2. The Labute approximate surface area is 175 Å². The van der Waals surface area contributed by atoms with Crippen LogP contribution in [0.3, 0.4) is 0 Å². The lowest BCUT2D eigenvalue weighted by Crippen LogP contribution is -2.44. The van der Waals surface area contributed by atoms with E-state index in [1.54, 1.807) is 24.3 Å². The third kappa shape index (κ3) is 5.83. The van der Waals surface area contributed by atoms with Gasteiger partial charge in [-0.25, -0.2) is 4.79 Å². The fraction of sp³-hybridized carbons (Fsp3) is 0.348. The van der Waals surface area contributed by atoms with E-state index in [1.807, 2.05) is 24.3 Å². The third-order valence-electron chi connectivity index (χ3n) is 4.87. The van der Waals surface area contributed by atoms with Crippen LogP contribution in [0.1, 0.15) is 31.4 Å². The van der Waals surface area contributed by atoms with Gasteiger partial charge in [-0.15, -0.1) is 0 Å². The minimum atomic E-state index is -0.995. The van der Waals surface area contributed by atoms with Crippen LogP contribution in [-0.2, 0) is 32.0 Å². The van der Waals surface area contributed by atoms with Crippen LogP contribution in [0.25, 0.3) is 0 Å². The number of carbonyl (C=O) groups is 3. The van der Waals surface area contributed by atoms with Gasteiger partial charge in [-0.1, -0.05) is 24.3 Å². The van der Waals surface area contributed by atoms with E-state index < -0.39 is 29.9 Å². The van der Waals surface area contributed by atoms with Gasteiger partial charge in [0.05, 0.1) is 0 Å². The quantitative estimate of drug-likeness (QED) is 0.653. The lowest BCUT2D eigenvalue weighted by atomic mass is 10.1. The van der Waals surface area contributed by atoms with Crippen LogP contribution in [0.15, 0.2) is 48.5 Å². The van der Waals surface area contributed by atoms with Gasteiger partial charge in [-0.2, -0.15) is 0 Å². The number of anilines is 1. The second-order valence-electron chi connectivity index (χ2n) is 7.30. The first kappa shape index (κ1) is 21.4. The summed E-state index contributed by atoms with van der Waals surface area (Å²) in [4.78, 5) is 36.5. The summed E-state index contributed by atoms with van der Waals surface area (Å²) in [6.07, 6.45) is 2.21. The normalized spacial score (nSPS) is 14.2. The number of hydrogen-bond acceptors (Lipinski definition) is 5. The van der Waals surface area contributed by atoms with Gasteiger partial charge in [-0.3, -0.25) is 9.59 Å². The highest BCUT2D eigenvalue weighted by Crippen LogP contribution is 2.25. The first-order valence-corrected chi connectivity index (χ1v) is 10.0. The molecule has 0 radical (unpaired) electrons. The van der Waals surface area contributed by atoms with Crippen LogP contribution in [0.4, 0.5) is 5.69 Å². The number of nitrogens with one attached hydrogen (secondary N) is 2. The van der Waals surface area contributed by atoms with Gasteiger partial charge < -0.3 is 20.1 Å². The first-order valence-electron chi connectivity index (χ1n) is 10.0. The Morgan fingerprint density at radius 3 is 2.50 bits per heavy atom. The summed E-state index contributed by atoms with van der Waals surface area (Å²) in [5, 5.41) is 5.27. The molecular formula is C23H26N2O5. The van der Waals surface area contributed by atoms with E-state index in [4.69, 9.17) is 9.47 Å². The Balaban J connectivity index is 1.43. The number of carbonyl (C=O) groups excluding carboxylic acids is 3. The summed E-state index contributed by atoms with van der Waals surface area (Å²) >= 11 is 0. The predicted molar refractivity (Wildman–Crippen MR) is 112 cm³/mol. The van der Waals surface area contributed by atoms with Crippen molar-refractivity contribution in [1.82, 2.24) is 5.32 Å². The zero-order valence-corrected chi connectivity index (χ0v) is 17.1. The maximum absolute atomic E-state index is 12.4. The molecule has 0 fully saturated rings. The van der Waals surface area contributed by atoms with Crippen LogP contribution in [0.5, 0.6) is 5.75 Å². The lowest BCUT2D eigenvalue weighted by molar-refractivity contribution is -0.155. The number of rotatable bonds is 8.